The van der Waals surface area contributed by atoms with Crippen LogP contribution < -0.4 is 4.74 Å². The molecule has 0 saturated carbocycles. The van der Waals surface area contributed by atoms with Crippen LogP contribution in [0.2, 0.25) is 0 Å². The van der Waals surface area contributed by atoms with Gasteiger partial charge in [-0.1, -0.05) is 24.3 Å². The van der Waals surface area contributed by atoms with Gasteiger partial charge in [-0.15, -0.1) is 0 Å². The van der Waals surface area contributed by atoms with Gasteiger partial charge < -0.3 is 4.74 Å². The van der Waals surface area contributed by atoms with Gasteiger partial charge in [0.05, 0.1) is 7.11 Å². The minimum atomic E-state index is 0.745. The summed E-state index contributed by atoms with van der Waals surface area (Å²) in [6.07, 6.45) is 6.28. The smallest absolute Gasteiger partial charge is 0.122 e. The van der Waals surface area contributed by atoms with E-state index in [9.17, 15) is 0 Å². The molecule has 0 radical (unpaired) electrons. The van der Waals surface area contributed by atoms with E-state index in [4.69, 9.17) is 4.74 Å². The maximum absolute atomic E-state index is 5.30. The lowest BCUT2D eigenvalue weighted by molar-refractivity contribution is 0.410. The summed E-state index contributed by atoms with van der Waals surface area (Å²) in [6, 6.07) is 11.9. The van der Waals surface area contributed by atoms with Crippen LogP contribution in [0.1, 0.15) is 11.1 Å². The van der Waals surface area contributed by atoms with E-state index in [1.807, 2.05) is 36.5 Å². The number of aromatic nitrogens is 1. The highest BCUT2D eigenvalue weighted by Gasteiger charge is 1.99. The van der Waals surface area contributed by atoms with Crippen molar-refractivity contribution in [3.8, 4) is 5.75 Å². The summed E-state index contributed by atoms with van der Waals surface area (Å²) in [5.74, 6) is 0.925. The number of rotatable bonds is 5. The van der Waals surface area contributed by atoms with Crippen LogP contribution in [0.3, 0.4) is 0 Å². The number of hydrogen-bond donors (Lipinski definition) is 0. The molecule has 2 aromatic rings. The highest BCUT2D eigenvalue weighted by molar-refractivity contribution is 5.78. The molecule has 0 spiro atoms. The Labute approximate surface area is 107 Å². The fraction of sp³-hybridized carbons (Fsp3) is 0.200. The van der Waals surface area contributed by atoms with Gasteiger partial charge in [0.1, 0.15) is 5.75 Å². The van der Waals surface area contributed by atoms with Crippen molar-refractivity contribution in [2.75, 3.05) is 13.7 Å². The third kappa shape index (κ3) is 3.42. The summed E-state index contributed by atoms with van der Waals surface area (Å²) in [5.41, 5.74) is 2.21. The predicted molar refractivity (Wildman–Crippen MR) is 73.4 cm³/mol. The molecule has 0 amide bonds. The Balaban J connectivity index is 1.91. The van der Waals surface area contributed by atoms with Crippen molar-refractivity contribution in [2.24, 2.45) is 4.99 Å². The third-order valence-corrected chi connectivity index (χ3v) is 2.63. The van der Waals surface area contributed by atoms with Crippen molar-refractivity contribution in [2.45, 2.75) is 6.42 Å². The number of hydrogen-bond acceptors (Lipinski definition) is 3. The van der Waals surface area contributed by atoms with Crippen LogP contribution in [0, 0.1) is 0 Å². The summed E-state index contributed by atoms with van der Waals surface area (Å²) < 4.78 is 5.30. The van der Waals surface area contributed by atoms with E-state index in [1.165, 1.54) is 5.56 Å². The van der Waals surface area contributed by atoms with E-state index in [0.717, 1.165) is 24.3 Å². The van der Waals surface area contributed by atoms with Gasteiger partial charge in [0, 0.05) is 30.7 Å². The fourth-order valence-electron chi connectivity index (χ4n) is 1.72. The standard InChI is InChI=1S/C15H16N2O/c1-18-15-7-3-2-6-14(15)8-10-17-12-13-5-4-9-16-11-13/h2-7,9,11-12H,8,10H2,1H3. The molecule has 1 heterocycles. The van der Waals surface area contributed by atoms with Crippen LogP contribution in [-0.4, -0.2) is 24.9 Å². The molecule has 0 bridgehead atoms. The first-order valence-corrected chi connectivity index (χ1v) is 5.92. The van der Waals surface area contributed by atoms with Crippen LogP contribution in [0.5, 0.6) is 5.75 Å². The molecule has 0 N–H and O–H groups in total. The number of aliphatic imine (C=N–C) groups is 1. The largest absolute Gasteiger partial charge is 0.496 e. The minimum Gasteiger partial charge on any atom is -0.496 e. The predicted octanol–water partition coefficient (Wildman–Crippen LogP) is 2.75. The van der Waals surface area contributed by atoms with Gasteiger partial charge in [-0.3, -0.25) is 9.98 Å². The molecule has 3 nitrogen and oxygen atoms in total. The molecule has 0 unspecified atom stereocenters. The van der Waals surface area contributed by atoms with E-state index >= 15 is 0 Å². The van der Waals surface area contributed by atoms with Gasteiger partial charge in [-0.2, -0.15) is 0 Å². The van der Waals surface area contributed by atoms with E-state index in [-0.39, 0.29) is 0 Å². The molecule has 3 heteroatoms. The summed E-state index contributed by atoms with van der Waals surface area (Å²) in [7, 11) is 1.69. The van der Waals surface area contributed by atoms with E-state index in [1.54, 1.807) is 19.5 Å². The van der Waals surface area contributed by atoms with Crippen molar-refractivity contribution in [3.63, 3.8) is 0 Å². The molecular formula is C15H16N2O. The van der Waals surface area contributed by atoms with E-state index in [0.29, 0.717) is 0 Å². The molecule has 2 rings (SSSR count). The molecule has 0 fully saturated rings. The average molecular weight is 240 g/mol. The third-order valence-electron chi connectivity index (χ3n) is 2.63. The van der Waals surface area contributed by atoms with Crippen molar-refractivity contribution < 1.29 is 4.74 Å². The Morgan fingerprint density at radius 3 is 2.89 bits per heavy atom. The van der Waals surface area contributed by atoms with Crippen LogP contribution in [0.25, 0.3) is 0 Å². The number of para-hydroxylation sites is 1. The van der Waals surface area contributed by atoms with Gasteiger partial charge >= 0.3 is 0 Å². The van der Waals surface area contributed by atoms with Gasteiger partial charge in [0.2, 0.25) is 0 Å². The molecule has 1 aromatic heterocycles. The summed E-state index contributed by atoms with van der Waals surface area (Å²) in [6.45, 7) is 0.745. The van der Waals surface area contributed by atoms with Crippen LogP contribution in [0.4, 0.5) is 0 Å². The second-order valence-electron chi connectivity index (χ2n) is 3.88. The lowest BCUT2D eigenvalue weighted by Gasteiger charge is -2.05. The number of pyridine rings is 1. The van der Waals surface area contributed by atoms with Gasteiger partial charge in [0.25, 0.3) is 0 Å². The molecule has 0 atom stereocenters. The first-order valence-electron chi connectivity index (χ1n) is 5.92. The summed E-state index contributed by atoms with van der Waals surface area (Å²) in [5, 5.41) is 0. The first-order chi connectivity index (χ1) is 8.90. The van der Waals surface area contributed by atoms with Crippen molar-refractivity contribution >= 4 is 6.21 Å². The maximum Gasteiger partial charge on any atom is 0.122 e. The highest BCUT2D eigenvalue weighted by atomic mass is 16.5. The Bertz CT molecular complexity index is 509. The minimum absolute atomic E-state index is 0.745. The molecule has 92 valence electrons. The quantitative estimate of drug-likeness (QED) is 0.753. The zero-order chi connectivity index (χ0) is 12.6. The average Bonchev–Trinajstić information content (AvgIpc) is 2.45. The first kappa shape index (κ1) is 12.3. The molecule has 18 heavy (non-hydrogen) atoms. The van der Waals surface area contributed by atoms with Crippen molar-refractivity contribution in [1.82, 2.24) is 4.98 Å². The molecular weight excluding hydrogens is 224 g/mol. The second-order valence-corrected chi connectivity index (χ2v) is 3.88. The van der Waals surface area contributed by atoms with Crippen molar-refractivity contribution in [3.05, 3.63) is 59.9 Å². The number of methoxy groups -OCH3 is 1. The lowest BCUT2D eigenvalue weighted by atomic mass is 10.1. The van der Waals surface area contributed by atoms with Gasteiger partial charge in [0.15, 0.2) is 0 Å². The Morgan fingerprint density at radius 1 is 1.22 bits per heavy atom. The van der Waals surface area contributed by atoms with E-state index in [2.05, 4.69) is 16.0 Å². The van der Waals surface area contributed by atoms with Gasteiger partial charge in [-0.05, 0) is 24.1 Å². The number of ether oxygens (including phenoxy) is 1. The highest BCUT2D eigenvalue weighted by Crippen LogP contribution is 2.17. The monoisotopic (exact) mass is 240 g/mol. The van der Waals surface area contributed by atoms with Crippen LogP contribution in [0.15, 0.2) is 53.8 Å². The lowest BCUT2D eigenvalue weighted by Crippen LogP contribution is -1.95. The maximum atomic E-state index is 5.30. The Morgan fingerprint density at radius 2 is 2.11 bits per heavy atom. The number of benzene rings is 1. The zero-order valence-corrected chi connectivity index (χ0v) is 10.4. The Kier molecular flexibility index (Phi) is 4.47. The number of nitrogens with zero attached hydrogens (tertiary/aromatic N) is 2. The van der Waals surface area contributed by atoms with Crippen molar-refractivity contribution in [1.29, 1.82) is 0 Å². The molecule has 0 aliphatic carbocycles. The fourth-order valence-corrected chi connectivity index (χ4v) is 1.72. The van der Waals surface area contributed by atoms with E-state index < -0.39 is 0 Å². The summed E-state index contributed by atoms with van der Waals surface area (Å²) in [4.78, 5) is 8.43. The SMILES string of the molecule is COc1ccccc1CCN=Cc1cccnc1. The Hall–Kier alpha value is -2.16. The zero-order valence-electron chi connectivity index (χ0n) is 10.4. The molecule has 0 aliphatic heterocycles. The molecule has 0 saturated heterocycles. The van der Waals surface area contributed by atoms with Crippen LogP contribution in [-0.2, 0) is 6.42 Å². The normalized spacial score (nSPS) is 10.7. The van der Waals surface area contributed by atoms with Crippen LogP contribution >= 0.6 is 0 Å². The topological polar surface area (TPSA) is 34.5 Å². The van der Waals surface area contributed by atoms with Gasteiger partial charge in [-0.25, -0.2) is 0 Å². The molecule has 1 aromatic carbocycles. The second kappa shape index (κ2) is 6.55. The molecule has 0 aliphatic rings. The summed E-state index contributed by atoms with van der Waals surface area (Å²) >= 11 is 0.